The van der Waals surface area contributed by atoms with Crippen molar-refractivity contribution in [2.75, 3.05) is 0 Å². The van der Waals surface area contributed by atoms with Crippen LogP contribution in [0.2, 0.25) is 0 Å². The number of carboxylic acid groups (broad SMARTS) is 2. The number of nitrogens with zero attached hydrogens (tertiary/aromatic N) is 1. The van der Waals surface area contributed by atoms with Crippen LogP contribution in [0.1, 0.15) is 20.7 Å². The molecule has 0 amide bonds. The van der Waals surface area contributed by atoms with Gasteiger partial charge in [0.1, 0.15) is 5.69 Å². The lowest BCUT2D eigenvalue weighted by Gasteiger charge is -1.98. The molecule has 0 heterocycles. The minimum absolute atomic E-state index is 0.220. The van der Waals surface area contributed by atoms with E-state index in [2.05, 4.69) is 5.18 Å². The monoisotopic (exact) mass is 195 g/mol. The molecule has 6 nitrogen and oxygen atoms in total. The molecule has 0 aromatic heterocycles. The molecule has 72 valence electrons. The van der Waals surface area contributed by atoms with Crippen LogP contribution in [-0.2, 0) is 0 Å². The van der Waals surface area contributed by atoms with Gasteiger partial charge in [-0.15, -0.1) is 4.91 Å². The van der Waals surface area contributed by atoms with E-state index in [0.717, 1.165) is 18.2 Å². The Kier molecular flexibility index (Phi) is 2.57. The Morgan fingerprint density at radius 2 is 1.43 bits per heavy atom. The first-order valence-corrected chi connectivity index (χ1v) is 3.49. The van der Waals surface area contributed by atoms with E-state index in [0.29, 0.717) is 0 Å². The number of aromatic carboxylic acids is 2. The van der Waals surface area contributed by atoms with Crippen molar-refractivity contribution in [1.29, 1.82) is 0 Å². The Hall–Kier alpha value is -2.24. The van der Waals surface area contributed by atoms with Crippen molar-refractivity contribution in [3.63, 3.8) is 0 Å². The summed E-state index contributed by atoms with van der Waals surface area (Å²) < 4.78 is 0. The lowest BCUT2D eigenvalue weighted by atomic mass is 10.1. The van der Waals surface area contributed by atoms with Crippen molar-refractivity contribution in [3.8, 4) is 0 Å². The van der Waals surface area contributed by atoms with E-state index in [1.165, 1.54) is 0 Å². The number of hydrogen-bond acceptors (Lipinski definition) is 4. The summed E-state index contributed by atoms with van der Waals surface area (Å²) in [5.74, 6) is -2.61. The second-order valence-electron chi connectivity index (χ2n) is 2.47. The van der Waals surface area contributed by atoms with Gasteiger partial charge >= 0.3 is 11.9 Å². The minimum Gasteiger partial charge on any atom is -0.478 e. The van der Waals surface area contributed by atoms with Gasteiger partial charge < -0.3 is 10.2 Å². The molecule has 2 N–H and O–H groups in total. The minimum atomic E-state index is -1.31. The Balaban J connectivity index is 3.34. The average molecular weight is 195 g/mol. The number of rotatable bonds is 3. The lowest BCUT2D eigenvalue weighted by Crippen LogP contribution is -2.01. The molecule has 0 radical (unpaired) electrons. The maximum absolute atomic E-state index is 10.5. The highest BCUT2D eigenvalue weighted by Gasteiger charge is 2.11. The second kappa shape index (κ2) is 3.65. The summed E-state index contributed by atoms with van der Waals surface area (Å²) >= 11 is 0. The number of nitroso groups, excluding NO2 is 1. The SMILES string of the molecule is O=Nc1cc(C(=O)O)cc(C(=O)O)c1. The van der Waals surface area contributed by atoms with E-state index < -0.39 is 11.9 Å². The van der Waals surface area contributed by atoms with E-state index in [1.807, 2.05) is 0 Å². The fraction of sp³-hybridized carbons (Fsp3) is 0. The zero-order valence-corrected chi connectivity index (χ0v) is 6.80. The predicted molar refractivity (Wildman–Crippen MR) is 45.8 cm³/mol. The molecule has 0 fully saturated rings. The van der Waals surface area contributed by atoms with Crippen LogP contribution in [0.5, 0.6) is 0 Å². The summed E-state index contributed by atoms with van der Waals surface area (Å²) in [5, 5.41) is 19.6. The van der Waals surface area contributed by atoms with Gasteiger partial charge in [0.15, 0.2) is 0 Å². The first-order valence-electron chi connectivity index (χ1n) is 3.49. The summed E-state index contributed by atoms with van der Waals surface area (Å²) in [6.45, 7) is 0. The standard InChI is InChI=1S/C8H5NO5/c10-7(11)4-1-5(8(12)13)3-6(2-4)9-14/h1-3H,(H,10,11)(H,12,13). The highest BCUT2D eigenvalue weighted by molar-refractivity contribution is 5.95. The third-order valence-electron chi connectivity index (χ3n) is 1.52. The highest BCUT2D eigenvalue weighted by atomic mass is 16.4. The Morgan fingerprint density at radius 1 is 1.00 bits per heavy atom. The molecule has 1 rings (SSSR count). The first kappa shape index (κ1) is 9.85. The average Bonchev–Trinajstić information content (AvgIpc) is 2.16. The topological polar surface area (TPSA) is 104 Å². The molecule has 0 bridgehead atoms. The van der Waals surface area contributed by atoms with Gasteiger partial charge in [-0.25, -0.2) is 9.59 Å². The fourth-order valence-corrected chi connectivity index (χ4v) is 0.911. The third kappa shape index (κ3) is 1.92. The molecule has 0 saturated carbocycles. The van der Waals surface area contributed by atoms with Crippen molar-refractivity contribution >= 4 is 17.6 Å². The molecule has 0 atom stereocenters. The molecule has 0 aliphatic heterocycles. The lowest BCUT2D eigenvalue weighted by molar-refractivity contribution is 0.0696. The van der Waals surface area contributed by atoms with Gasteiger partial charge in [-0.2, -0.15) is 0 Å². The van der Waals surface area contributed by atoms with Gasteiger partial charge in [-0.3, -0.25) is 0 Å². The van der Waals surface area contributed by atoms with Crippen LogP contribution in [0.25, 0.3) is 0 Å². The molecule has 1 aromatic rings. The van der Waals surface area contributed by atoms with Gasteiger partial charge in [-0.1, -0.05) is 0 Å². The number of carbonyl (C=O) groups is 2. The number of hydrogen-bond donors (Lipinski definition) is 2. The molecule has 0 aliphatic rings. The molecule has 0 saturated heterocycles. The van der Waals surface area contributed by atoms with Gasteiger partial charge in [0.25, 0.3) is 0 Å². The molecular formula is C8H5NO5. The summed E-state index contributed by atoms with van der Waals surface area (Å²) in [5.41, 5.74) is -0.777. The van der Waals surface area contributed by atoms with Gasteiger partial charge in [0.05, 0.1) is 11.1 Å². The van der Waals surface area contributed by atoms with Crippen LogP contribution in [-0.4, -0.2) is 22.2 Å². The largest absolute Gasteiger partial charge is 0.478 e. The predicted octanol–water partition coefficient (Wildman–Crippen LogP) is 1.48. The van der Waals surface area contributed by atoms with Gasteiger partial charge in [0, 0.05) is 0 Å². The molecule has 1 aromatic carbocycles. The molecular weight excluding hydrogens is 190 g/mol. The normalized spacial score (nSPS) is 9.43. The number of carboxylic acids is 2. The van der Waals surface area contributed by atoms with Crippen LogP contribution in [0, 0.1) is 4.91 Å². The fourth-order valence-electron chi connectivity index (χ4n) is 0.911. The van der Waals surface area contributed by atoms with E-state index in [4.69, 9.17) is 10.2 Å². The van der Waals surface area contributed by atoms with Crippen LogP contribution in [0.3, 0.4) is 0 Å². The van der Waals surface area contributed by atoms with E-state index in [9.17, 15) is 14.5 Å². The van der Waals surface area contributed by atoms with Crippen LogP contribution in [0.15, 0.2) is 23.4 Å². The smallest absolute Gasteiger partial charge is 0.335 e. The molecule has 0 spiro atoms. The quantitative estimate of drug-likeness (QED) is 0.710. The van der Waals surface area contributed by atoms with E-state index >= 15 is 0 Å². The molecule has 6 heteroatoms. The second-order valence-corrected chi connectivity index (χ2v) is 2.47. The van der Waals surface area contributed by atoms with Crippen molar-refractivity contribution in [3.05, 3.63) is 34.2 Å². The number of benzene rings is 1. The van der Waals surface area contributed by atoms with Crippen molar-refractivity contribution in [2.24, 2.45) is 5.18 Å². The van der Waals surface area contributed by atoms with Crippen LogP contribution in [0.4, 0.5) is 5.69 Å². The third-order valence-corrected chi connectivity index (χ3v) is 1.52. The highest BCUT2D eigenvalue weighted by Crippen LogP contribution is 2.17. The zero-order chi connectivity index (χ0) is 10.7. The van der Waals surface area contributed by atoms with E-state index in [-0.39, 0.29) is 16.8 Å². The van der Waals surface area contributed by atoms with Gasteiger partial charge in [0.2, 0.25) is 0 Å². The zero-order valence-electron chi connectivity index (χ0n) is 6.80. The maximum Gasteiger partial charge on any atom is 0.335 e. The summed E-state index contributed by atoms with van der Waals surface area (Å²) in [7, 11) is 0. The summed E-state index contributed by atoms with van der Waals surface area (Å²) in [6, 6.07) is 2.96. The Bertz CT molecular complexity index is 380. The van der Waals surface area contributed by atoms with E-state index in [1.54, 1.807) is 0 Å². The summed E-state index contributed by atoms with van der Waals surface area (Å²) in [4.78, 5) is 31.1. The Morgan fingerprint density at radius 3 is 1.71 bits per heavy atom. The van der Waals surface area contributed by atoms with Crippen molar-refractivity contribution in [1.82, 2.24) is 0 Å². The maximum atomic E-state index is 10.5. The summed E-state index contributed by atoms with van der Waals surface area (Å²) in [6.07, 6.45) is 0. The Labute approximate surface area is 77.8 Å². The van der Waals surface area contributed by atoms with Crippen molar-refractivity contribution < 1.29 is 19.8 Å². The first-order chi connectivity index (χ1) is 6.54. The van der Waals surface area contributed by atoms with Crippen molar-refractivity contribution in [2.45, 2.75) is 0 Å². The van der Waals surface area contributed by atoms with Gasteiger partial charge in [-0.05, 0) is 23.4 Å². The van der Waals surface area contributed by atoms with Crippen LogP contribution < -0.4 is 0 Å². The molecule has 0 aliphatic carbocycles. The van der Waals surface area contributed by atoms with Crippen LogP contribution >= 0.6 is 0 Å². The molecule has 0 unspecified atom stereocenters. The molecule has 14 heavy (non-hydrogen) atoms.